The van der Waals surface area contributed by atoms with Crippen molar-refractivity contribution in [1.29, 1.82) is 0 Å². The molecule has 0 bridgehead atoms. The molecule has 0 heterocycles. The Morgan fingerprint density at radius 2 is 2.10 bits per heavy atom. The maximum absolute atomic E-state index is 11.9. The number of carbonyl (C=O) groups is 1. The second-order valence-corrected chi connectivity index (χ2v) is 5.50. The minimum atomic E-state index is -0.799. The van der Waals surface area contributed by atoms with Gasteiger partial charge in [0, 0.05) is 11.6 Å². The maximum Gasteiger partial charge on any atom is 0.251 e. The number of ether oxygens (including phenoxy) is 1. The molecule has 4 nitrogen and oxygen atoms in total. The Bertz CT molecular complexity index is 465. The van der Waals surface area contributed by atoms with Crippen molar-refractivity contribution in [2.45, 2.75) is 51.2 Å². The molecule has 0 unspecified atom stereocenters. The largest absolute Gasteiger partial charge is 0.491 e. The molecule has 1 aliphatic carbocycles. The average molecular weight is 277 g/mol. The Morgan fingerprint density at radius 3 is 2.70 bits per heavy atom. The molecule has 20 heavy (non-hydrogen) atoms. The smallest absolute Gasteiger partial charge is 0.251 e. The summed E-state index contributed by atoms with van der Waals surface area (Å²) in [5.74, 6) is 0.563. The van der Waals surface area contributed by atoms with Gasteiger partial charge < -0.3 is 15.2 Å². The lowest BCUT2D eigenvalue weighted by atomic mass is 9.99. The summed E-state index contributed by atoms with van der Waals surface area (Å²) in [5.41, 5.74) is -0.197. The van der Waals surface area contributed by atoms with Crippen LogP contribution in [0.1, 0.15) is 49.9 Å². The third-order valence-corrected chi connectivity index (χ3v) is 3.83. The fourth-order valence-electron chi connectivity index (χ4n) is 1.90. The molecule has 0 aromatic heterocycles. The first kappa shape index (κ1) is 14.9. The van der Waals surface area contributed by atoms with Gasteiger partial charge in [0.15, 0.2) is 0 Å². The van der Waals surface area contributed by atoms with Crippen LogP contribution in [0.2, 0.25) is 0 Å². The van der Waals surface area contributed by atoms with E-state index in [9.17, 15) is 9.90 Å². The summed E-state index contributed by atoms with van der Waals surface area (Å²) < 4.78 is 5.63. The zero-order valence-corrected chi connectivity index (χ0v) is 12.2. The molecular weight excluding hydrogens is 254 g/mol. The normalized spacial score (nSPS) is 14.9. The topological polar surface area (TPSA) is 58.6 Å². The third-order valence-electron chi connectivity index (χ3n) is 3.83. The molecule has 2 N–H and O–H groups in total. The average Bonchev–Trinajstić information content (AvgIpc) is 3.29. The standard InChI is InChI=1S/C16H23NO3/c1-3-16(19,4-2)11-20-14-7-5-6-12(10-14)15(18)17-13-8-9-13/h5-7,10,13,19H,3-4,8-9,11H2,1-2H3,(H,17,18). The fraction of sp³-hybridized carbons (Fsp3) is 0.562. The van der Waals surface area contributed by atoms with Gasteiger partial charge in [0.25, 0.3) is 5.91 Å². The number of aliphatic hydroxyl groups is 1. The molecule has 2 rings (SSSR count). The van der Waals surface area contributed by atoms with E-state index < -0.39 is 5.60 Å². The lowest BCUT2D eigenvalue weighted by molar-refractivity contribution is -0.0113. The number of amides is 1. The zero-order valence-electron chi connectivity index (χ0n) is 12.2. The predicted molar refractivity (Wildman–Crippen MR) is 78.0 cm³/mol. The lowest BCUT2D eigenvalue weighted by Gasteiger charge is -2.25. The van der Waals surface area contributed by atoms with Gasteiger partial charge in [0.1, 0.15) is 12.4 Å². The van der Waals surface area contributed by atoms with Crippen LogP contribution >= 0.6 is 0 Å². The van der Waals surface area contributed by atoms with Gasteiger partial charge >= 0.3 is 0 Å². The lowest BCUT2D eigenvalue weighted by Crippen LogP contribution is -2.34. The summed E-state index contributed by atoms with van der Waals surface area (Å²) >= 11 is 0. The van der Waals surface area contributed by atoms with Gasteiger partial charge in [-0.05, 0) is 43.9 Å². The van der Waals surface area contributed by atoms with Crippen LogP contribution in [0.15, 0.2) is 24.3 Å². The SMILES string of the molecule is CCC(O)(CC)COc1cccc(C(=O)NC2CC2)c1. The number of rotatable bonds is 7. The molecule has 1 aromatic rings. The highest BCUT2D eigenvalue weighted by Gasteiger charge is 2.25. The fourth-order valence-corrected chi connectivity index (χ4v) is 1.90. The highest BCUT2D eigenvalue weighted by Crippen LogP contribution is 2.21. The molecule has 1 aliphatic rings. The highest BCUT2D eigenvalue weighted by atomic mass is 16.5. The third kappa shape index (κ3) is 3.97. The van der Waals surface area contributed by atoms with Crippen LogP contribution in [0.5, 0.6) is 5.75 Å². The van der Waals surface area contributed by atoms with Gasteiger partial charge in [-0.2, -0.15) is 0 Å². The summed E-state index contributed by atoms with van der Waals surface area (Å²) in [6.07, 6.45) is 3.43. The molecular formula is C16H23NO3. The Balaban J connectivity index is 1.96. The van der Waals surface area contributed by atoms with Crippen LogP contribution in [0.25, 0.3) is 0 Å². The van der Waals surface area contributed by atoms with Gasteiger partial charge in [-0.3, -0.25) is 4.79 Å². The Labute approximate surface area is 120 Å². The summed E-state index contributed by atoms with van der Waals surface area (Å²) in [4.78, 5) is 11.9. The van der Waals surface area contributed by atoms with Crippen LogP contribution in [0, 0.1) is 0 Å². The summed E-state index contributed by atoms with van der Waals surface area (Å²) in [6, 6.07) is 7.45. The van der Waals surface area contributed by atoms with Crippen molar-refractivity contribution in [3.8, 4) is 5.75 Å². The van der Waals surface area contributed by atoms with Crippen molar-refractivity contribution in [2.24, 2.45) is 0 Å². The van der Waals surface area contributed by atoms with Crippen molar-refractivity contribution in [3.05, 3.63) is 29.8 Å². The van der Waals surface area contributed by atoms with E-state index >= 15 is 0 Å². The number of hydrogen-bond acceptors (Lipinski definition) is 3. The molecule has 1 amide bonds. The molecule has 0 radical (unpaired) electrons. The number of carbonyl (C=O) groups excluding carboxylic acids is 1. The number of hydrogen-bond donors (Lipinski definition) is 2. The van der Waals surface area contributed by atoms with Crippen LogP contribution < -0.4 is 10.1 Å². The van der Waals surface area contributed by atoms with Crippen molar-refractivity contribution in [2.75, 3.05) is 6.61 Å². The Morgan fingerprint density at radius 1 is 1.40 bits per heavy atom. The molecule has 1 saturated carbocycles. The van der Waals surface area contributed by atoms with Gasteiger partial charge in [0.2, 0.25) is 0 Å². The molecule has 0 saturated heterocycles. The minimum absolute atomic E-state index is 0.0563. The molecule has 0 atom stereocenters. The molecule has 1 fully saturated rings. The van der Waals surface area contributed by atoms with E-state index in [4.69, 9.17) is 4.74 Å². The van der Waals surface area contributed by atoms with Crippen molar-refractivity contribution in [3.63, 3.8) is 0 Å². The van der Waals surface area contributed by atoms with Gasteiger partial charge in [-0.1, -0.05) is 19.9 Å². The van der Waals surface area contributed by atoms with Crippen molar-refractivity contribution >= 4 is 5.91 Å². The van der Waals surface area contributed by atoms with Crippen LogP contribution in [-0.2, 0) is 0 Å². The van der Waals surface area contributed by atoms with E-state index in [1.54, 1.807) is 24.3 Å². The van der Waals surface area contributed by atoms with Gasteiger partial charge in [-0.25, -0.2) is 0 Å². The molecule has 110 valence electrons. The summed E-state index contributed by atoms with van der Waals surface area (Å²) in [5, 5.41) is 13.1. The maximum atomic E-state index is 11.9. The Hall–Kier alpha value is -1.55. The molecule has 0 spiro atoms. The predicted octanol–water partition coefficient (Wildman–Crippen LogP) is 2.51. The molecule has 4 heteroatoms. The van der Waals surface area contributed by atoms with Crippen LogP contribution in [-0.4, -0.2) is 29.3 Å². The summed E-state index contributed by atoms with van der Waals surface area (Å²) in [6.45, 7) is 4.12. The summed E-state index contributed by atoms with van der Waals surface area (Å²) in [7, 11) is 0. The molecule has 0 aliphatic heterocycles. The van der Waals surface area contributed by atoms with E-state index in [1.807, 2.05) is 13.8 Å². The minimum Gasteiger partial charge on any atom is -0.491 e. The first-order chi connectivity index (χ1) is 9.56. The van der Waals surface area contributed by atoms with Gasteiger partial charge in [0.05, 0.1) is 5.60 Å². The van der Waals surface area contributed by atoms with E-state index in [1.165, 1.54) is 0 Å². The van der Waals surface area contributed by atoms with E-state index in [2.05, 4.69) is 5.32 Å². The van der Waals surface area contributed by atoms with Crippen LogP contribution in [0.4, 0.5) is 0 Å². The monoisotopic (exact) mass is 277 g/mol. The van der Waals surface area contributed by atoms with Crippen LogP contribution in [0.3, 0.4) is 0 Å². The Kier molecular flexibility index (Phi) is 4.65. The first-order valence-corrected chi connectivity index (χ1v) is 7.32. The van der Waals surface area contributed by atoms with E-state index in [0.717, 1.165) is 12.8 Å². The van der Waals surface area contributed by atoms with E-state index in [-0.39, 0.29) is 12.5 Å². The van der Waals surface area contributed by atoms with Crippen molar-refractivity contribution in [1.82, 2.24) is 5.32 Å². The van der Waals surface area contributed by atoms with Gasteiger partial charge in [-0.15, -0.1) is 0 Å². The second-order valence-electron chi connectivity index (χ2n) is 5.50. The second kappa shape index (κ2) is 6.27. The zero-order chi connectivity index (χ0) is 14.6. The molecule has 1 aromatic carbocycles. The van der Waals surface area contributed by atoms with Crippen molar-refractivity contribution < 1.29 is 14.6 Å². The first-order valence-electron chi connectivity index (χ1n) is 7.32. The number of benzene rings is 1. The van der Waals surface area contributed by atoms with E-state index in [0.29, 0.717) is 30.2 Å². The number of nitrogens with one attached hydrogen (secondary N) is 1. The quantitative estimate of drug-likeness (QED) is 0.805. The highest BCUT2D eigenvalue weighted by molar-refractivity contribution is 5.94.